The maximum Gasteiger partial charge on any atom is 0.0972 e. The Morgan fingerprint density at radius 3 is 0.890 bits per heavy atom. The summed E-state index contributed by atoms with van der Waals surface area (Å²) in [6, 6.07) is 102. The van der Waals surface area contributed by atoms with Crippen molar-refractivity contribution in [3.63, 3.8) is 0 Å². The first-order chi connectivity index (χ1) is 49.5. The lowest BCUT2D eigenvalue weighted by molar-refractivity contribution is 1.31. The van der Waals surface area contributed by atoms with Crippen LogP contribution in [-0.4, -0.2) is 49.8 Å². The lowest BCUT2D eigenvalue weighted by Crippen LogP contribution is -1.92. The lowest BCUT2D eigenvalue weighted by atomic mass is 9.95. The summed E-state index contributed by atoms with van der Waals surface area (Å²) in [5.41, 5.74) is 24.0. The second-order valence-corrected chi connectivity index (χ2v) is 25.2. The van der Waals surface area contributed by atoms with E-state index in [0.717, 1.165) is 199 Å². The van der Waals surface area contributed by atoms with Gasteiger partial charge in [-0.1, -0.05) is 182 Å². The first kappa shape index (κ1) is 57.7. The molecule has 0 aliphatic rings. The second-order valence-electron chi connectivity index (χ2n) is 25.2. The van der Waals surface area contributed by atoms with Gasteiger partial charge in [0.05, 0.1) is 78.3 Å². The van der Waals surface area contributed by atoms with E-state index in [4.69, 9.17) is 29.9 Å². The molecule has 0 fully saturated rings. The van der Waals surface area contributed by atoms with Crippen molar-refractivity contribution in [2.45, 2.75) is 0 Å². The Kier molecular flexibility index (Phi) is 14.0. The van der Waals surface area contributed by atoms with Gasteiger partial charge in [-0.2, -0.15) is 0 Å². The molecule has 0 aliphatic heterocycles. The molecule has 464 valence electrons. The van der Waals surface area contributed by atoms with Crippen LogP contribution in [0.15, 0.2) is 328 Å². The topological polar surface area (TPSA) is 129 Å². The van der Waals surface area contributed by atoms with E-state index < -0.39 is 0 Å². The SMILES string of the molecule is c1cnc2c(c1)ccc1ccc(-c3ccc(-c4ccc5ccc(-c6ccc7ccc(-c8ccncc8)nc7c6)cc5n4)c4ccccc34)nc12.c1cnc2c(c1)ccc1ccc(-c3ccc4cc(-c5ccc6ccc(-c7ccc8ccc(-c9ccncc9)nc8c7)cc6n5)ccc4c3)nc12. The van der Waals surface area contributed by atoms with Crippen molar-refractivity contribution in [3.8, 4) is 89.8 Å². The monoisotopic (exact) mass is 1270 g/mol. The number of aromatic nitrogens is 10. The highest BCUT2D eigenvalue weighted by Gasteiger charge is 2.16. The molecule has 10 nitrogen and oxygen atoms in total. The Labute approximate surface area is 573 Å². The molecule has 10 aromatic heterocycles. The number of rotatable bonds is 8. The largest absolute Gasteiger partial charge is 0.265 e. The smallest absolute Gasteiger partial charge is 0.0972 e. The zero-order valence-electron chi connectivity index (χ0n) is 53.6. The van der Waals surface area contributed by atoms with Gasteiger partial charge in [0, 0.05) is 114 Å². The summed E-state index contributed by atoms with van der Waals surface area (Å²) < 4.78 is 0. The highest BCUT2D eigenvalue weighted by molar-refractivity contribution is 6.08. The molecule has 0 amide bonds. The van der Waals surface area contributed by atoms with Crippen LogP contribution < -0.4 is 0 Å². The Bertz CT molecular complexity index is 6680. The summed E-state index contributed by atoms with van der Waals surface area (Å²) in [6.07, 6.45) is 10.9. The van der Waals surface area contributed by atoms with Gasteiger partial charge in [-0.3, -0.25) is 19.9 Å². The first-order valence-electron chi connectivity index (χ1n) is 33.3. The van der Waals surface area contributed by atoms with Crippen LogP contribution in [0.3, 0.4) is 0 Å². The number of fused-ring (bicyclic) bond motifs is 12. The summed E-state index contributed by atoms with van der Waals surface area (Å²) in [6.45, 7) is 0. The van der Waals surface area contributed by atoms with Gasteiger partial charge >= 0.3 is 0 Å². The van der Waals surface area contributed by atoms with Crippen molar-refractivity contribution >= 4 is 109 Å². The van der Waals surface area contributed by atoms with Crippen LogP contribution in [-0.2, 0) is 0 Å². The fourth-order valence-corrected chi connectivity index (χ4v) is 13.9. The predicted octanol–water partition coefficient (Wildman–Crippen LogP) is 22.2. The van der Waals surface area contributed by atoms with Gasteiger partial charge in [0.1, 0.15) is 0 Å². The minimum atomic E-state index is 0.914. The molecule has 100 heavy (non-hydrogen) atoms. The van der Waals surface area contributed by atoms with Crippen molar-refractivity contribution in [1.29, 1.82) is 0 Å². The van der Waals surface area contributed by atoms with E-state index in [1.807, 2.05) is 48.8 Å². The molecule has 0 atom stereocenters. The van der Waals surface area contributed by atoms with Gasteiger partial charge in [0.15, 0.2) is 0 Å². The van der Waals surface area contributed by atoms with Crippen LogP contribution in [0.4, 0.5) is 0 Å². The third-order valence-corrected chi connectivity index (χ3v) is 19.2. The van der Waals surface area contributed by atoms with Crippen LogP contribution >= 0.6 is 0 Å². The highest BCUT2D eigenvalue weighted by Crippen LogP contribution is 2.39. The van der Waals surface area contributed by atoms with Crippen molar-refractivity contribution in [2.24, 2.45) is 0 Å². The fraction of sp³-hybridized carbons (Fsp3) is 0. The van der Waals surface area contributed by atoms with Crippen LogP contribution in [0.2, 0.25) is 0 Å². The summed E-state index contributed by atoms with van der Waals surface area (Å²) in [5, 5.41) is 13.3. The minimum absolute atomic E-state index is 0.914. The molecule has 0 saturated heterocycles. The van der Waals surface area contributed by atoms with Crippen molar-refractivity contribution in [3.05, 3.63) is 328 Å². The Morgan fingerprint density at radius 1 is 0.170 bits per heavy atom. The summed E-state index contributed by atoms with van der Waals surface area (Å²) in [7, 11) is 0. The summed E-state index contributed by atoms with van der Waals surface area (Å²) >= 11 is 0. The van der Waals surface area contributed by atoms with E-state index in [9.17, 15) is 0 Å². The quantitative estimate of drug-likeness (QED) is 0.136. The normalized spacial score (nSPS) is 11.6. The average molecular weight is 1280 g/mol. The minimum Gasteiger partial charge on any atom is -0.265 e. The molecule has 10 aromatic carbocycles. The Morgan fingerprint density at radius 2 is 0.470 bits per heavy atom. The van der Waals surface area contributed by atoms with Crippen LogP contribution in [0.1, 0.15) is 0 Å². The van der Waals surface area contributed by atoms with Crippen LogP contribution in [0.25, 0.3) is 199 Å². The van der Waals surface area contributed by atoms with Crippen LogP contribution in [0.5, 0.6) is 0 Å². The maximum atomic E-state index is 5.23. The average Bonchev–Trinajstić information content (AvgIpc) is 0.776. The van der Waals surface area contributed by atoms with Crippen LogP contribution in [0, 0.1) is 0 Å². The number of hydrogen-bond donors (Lipinski definition) is 0. The molecule has 0 spiro atoms. The fourth-order valence-electron chi connectivity index (χ4n) is 13.9. The molecular formula is C90H54N10. The Balaban J connectivity index is 0.000000139. The number of pyridine rings is 10. The molecule has 10 heteroatoms. The molecule has 0 unspecified atom stereocenters. The number of hydrogen-bond acceptors (Lipinski definition) is 10. The third-order valence-electron chi connectivity index (χ3n) is 19.2. The van der Waals surface area contributed by atoms with E-state index in [0.29, 0.717) is 0 Å². The zero-order chi connectivity index (χ0) is 66.0. The predicted molar refractivity (Wildman–Crippen MR) is 409 cm³/mol. The molecule has 20 rings (SSSR count). The molecule has 10 heterocycles. The van der Waals surface area contributed by atoms with E-state index in [-0.39, 0.29) is 0 Å². The van der Waals surface area contributed by atoms with Crippen molar-refractivity contribution in [1.82, 2.24) is 49.8 Å². The zero-order valence-corrected chi connectivity index (χ0v) is 53.6. The van der Waals surface area contributed by atoms with E-state index in [1.165, 1.54) is 0 Å². The Hall–Kier alpha value is -13.7. The summed E-state index contributed by atoms with van der Waals surface area (Å²) in [5.74, 6) is 0. The number of benzene rings is 10. The molecule has 0 radical (unpaired) electrons. The molecule has 0 bridgehead atoms. The molecule has 0 saturated carbocycles. The van der Waals surface area contributed by atoms with E-state index in [1.54, 1.807) is 24.8 Å². The van der Waals surface area contributed by atoms with Gasteiger partial charge in [-0.15, -0.1) is 0 Å². The lowest BCUT2D eigenvalue weighted by Gasteiger charge is -2.13. The number of nitrogens with zero attached hydrogens (tertiary/aromatic N) is 10. The van der Waals surface area contributed by atoms with Crippen molar-refractivity contribution < 1.29 is 0 Å². The standard InChI is InChI=1S/2C45H27N5/c1-2-31-5-6-32-15-18-41(50-45(32)44(31)47-21-1)38-12-10-33-24-37(11-9-34(33)25-38)40-17-14-29-4-8-36(27-43(29)49-40)35-7-3-28-13-16-39(48-42(28)26-35)30-19-22-46-23-20-30;1-2-6-36-35(5-1)37(16-17-38(36)41-20-15-32-10-9-31-4-3-23-47-44(31)45(32)50-41)40-19-14-29-8-12-34(27-43(29)49-40)33-11-7-28-13-18-39(48-42(28)26-33)30-21-24-46-25-22-30/h2*1-27H. The van der Waals surface area contributed by atoms with Crippen molar-refractivity contribution in [2.75, 3.05) is 0 Å². The third kappa shape index (κ3) is 10.7. The first-order valence-corrected chi connectivity index (χ1v) is 33.3. The maximum absolute atomic E-state index is 5.23. The van der Waals surface area contributed by atoms with Gasteiger partial charge < -0.3 is 0 Å². The van der Waals surface area contributed by atoms with E-state index in [2.05, 4.69) is 275 Å². The van der Waals surface area contributed by atoms with Gasteiger partial charge in [-0.05, 0) is 153 Å². The highest BCUT2D eigenvalue weighted by atomic mass is 14.8. The van der Waals surface area contributed by atoms with Gasteiger partial charge in [0.2, 0.25) is 0 Å². The molecule has 20 aromatic rings. The molecular weight excluding hydrogens is 1220 g/mol. The second kappa shape index (κ2) is 24.2. The molecule has 0 aliphatic carbocycles. The van der Waals surface area contributed by atoms with Gasteiger partial charge in [-0.25, -0.2) is 29.9 Å². The summed E-state index contributed by atoms with van der Waals surface area (Å²) in [4.78, 5) is 48.1. The van der Waals surface area contributed by atoms with Gasteiger partial charge in [0.25, 0.3) is 0 Å². The molecule has 0 N–H and O–H groups in total. The van der Waals surface area contributed by atoms with E-state index >= 15 is 0 Å².